The van der Waals surface area contributed by atoms with Crippen LogP contribution in [0.4, 0.5) is 11.5 Å². The highest BCUT2D eigenvalue weighted by Gasteiger charge is 2.32. The van der Waals surface area contributed by atoms with Gasteiger partial charge < -0.3 is 4.90 Å². The van der Waals surface area contributed by atoms with Crippen LogP contribution in [0.1, 0.15) is 30.4 Å². The van der Waals surface area contributed by atoms with Crippen LogP contribution >= 0.6 is 0 Å². The third-order valence-corrected chi connectivity index (χ3v) is 4.58. The summed E-state index contributed by atoms with van der Waals surface area (Å²) in [5.74, 6) is 1.56. The van der Waals surface area contributed by atoms with E-state index in [2.05, 4.69) is 20.2 Å². The standard InChI is InChI=1S/C16H17N7O3/c1-10-17-14(20-19-10)11-5-4-7-21(9-11)15-13(23(25)26)16(24)22-8-3-2-6-12(22)18-15/h2-3,6,8,11H,4-5,7,9H2,1H3,(H,17,19,20). The van der Waals surface area contributed by atoms with Gasteiger partial charge in [-0.05, 0) is 31.9 Å². The average molecular weight is 355 g/mol. The second-order valence-corrected chi connectivity index (χ2v) is 6.34. The van der Waals surface area contributed by atoms with Gasteiger partial charge in [0.1, 0.15) is 11.5 Å². The lowest BCUT2D eigenvalue weighted by atomic mass is 9.97. The summed E-state index contributed by atoms with van der Waals surface area (Å²) in [5.41, 5.74) is -0.791. The number of anilines is 1. The Bertz CT molecular complexity index is 1040. The molecule has 1 fully saturated rings. The highest BCUT2D eigenvalue weighted by molar-refractivity contribution is 5.61. The quantitative estimate of drug-likeness (QED) is 0.556. The number of aromatic amines is 1. The van der Waals surface area contributed by atoms with Crippen LogP contribution < -0.4 is 10.5 Å². The molecule has 134 valence electrons. The van der Waals surface area contributed by atoms with Crippen LogP contribution in [0, 0.1) is 17.0 Å². The Morgan fingerprint density at radius 3 is 2.92 bits per heavy atom. The van der Waals surface area contributed by atoms with E-state index in [1.165, 1.54) is 10.6 Å². The minimum absolute atomic E-state index is 0.0318. The number of nitrogens with one attached hydrogen (secondary N) is 1. The smallest absolute Gasteiger partial charge is 0.350 e. The molecular weight excluding hydrogens is 338 g/mol. The zero-order valence-electron chi connectivity index (χ0n) is 14.1. The molecular formula is C16H17N7O3. The molecule has 1 aliphatic heterocycles. The lowest BCUT2D eigenvalue weighted by Crippen LogP contribution is -2.37. The molecule has 4 heterocycles. The molecule has 26 heavy (non-hydrogen) atoms. The summed E-state index contributed by atoms with van der Waals surface area (Å²) in [6.07, 6.45) is 3.18. The second-order valence-electron chi connectivity index (χ2n) is 6.34. The number of rotatable bonds is 3. The number of hydrogen-bond acceptors (Lipinski definition) is 7. The van der Waals surface area contributed by atoms with Gasteiger partial charge in [0, 0.05) is 25.2 Å². The summed E-state index contributed by atoms with van der Waals surface area (Å²) in [6.45, 7) is 2.90. The fourth-order valence-electron chi connectivity index (χ4n) is 3.37. The van der Waals surface area contributed by atoms with Crippen LogP contribution in [-0.4, -0.2) is 42.6 Å². The molecule has 0 radical (unpaired) electrons. The Kier molecular flexibility index (Phi) is 3.86. The van der Waals surface area contributed by atoms with E-state index in [9.17, 15) is 14.9 Å². The van der Waals surface area contributed by atoms with Crippen LogP contribution in [0.25, 0.3) is 5.65 Å². The Labute approximate surface area is 147 Å². The van der Waals surface area contributed by atoms with Gasteiger partial charge in [0.15, 0.2) is 5.82 Å². The van der Waals surface area contributed by atoms with E-state index >= 15 is 0 Å². The van der Waals surface area contributed by atoms with Crippen molar-refractivity contribution in [3.63, 3.8) is 0 Å². The lowest BCUT2D eigenvalue weighted by molar-refractivity contribution is -0.385. The summed E-state index contributed by atoms with van der Waals surface area (Å²) in [6, 6.07) is 5.05. The van der Waals surface area contributed by atoms with Gasteiger partial charge in [-0.3, -0.25) is 24.4 Å². The second kappa shape index (κ2) is 6.21. The first-order chi connectivity index (χ1) is 12.5. The molecule has 0 spiro atoms. The van der Waals surface area contributed by atoms with Gasteiger partial charge in [0.05, 0.1) is 4.92 Å². The van der Waals surface area contributed by atoms with Crippen molar-refractivity contribution >= 4 is 17.2 Å². The first-order valence-corrected chi connectivity index (χ1v) is 8.34. The van der Waals surface area contributed by atoms with Gasteiger partial charge in [-0.15, -0.1) is 0 Å². The largest absolute Gasteiger partial charge is 0.376 e. The van der Waals surface area contributed by atoms with Crippen molar-refractivity contribution in [2.24, 2.45) is 0 Å². The number of nitrogens with zero attached hydrogens (tertiary/aromatic N) is 6. The van der Waals surface area contributed by atoms with E-state index in [0.29, 0.717) is 24.6 Å². The van der Waals surface area contributed by atoms with Crippen molar-refractivity contribution < 1.29 is 4.92 Å². The van der Waals surface area contributed by atoms with Gasteiger partial charge in [0.25, 0.3) is 0 Å². The zero-order valence-corrected chi connectivity index (χ0v) is 14.1. The van der Waals surface area contributed by atoms with E-state index in [1.807, 2.05) is 6.92 Å². The van der Waals surface area contributed by atoms with Crippen LogP contribution in [0.15, 0.2) is 29.2 Å². The Morgan fingerprint density at radius 1 is 1.35 bits per heavy atom. The first kappa shape index (κ1) is 16.2. The maximum atomic E-state index is 12.6. The topological polar surface area (TPSA) is 122 Å². The van der Waals surface area contributed by atoms with E-state index in [4.69, 9.17) is 0 Å². The average Bonchev–Trinajstić information content (AvgIpc) is 3.08. The molecule has 1 aliphatic rings. The Hall–Kier alpha value is -3.30. The molecule has 1 saturated heterocycles. The fraction of sp³-hybridized carbons (Fsp3) is 0.375. The number of piperidine rings is 1. The lowest BCUT2D eigenvalue weighted by Gasteiger charge is -2.31. The van der Waals surface area contributed by atoms with E-state index in [-0.39, 0.29) is 11.7 Å². The van der Waals surface area contributed by atoms with Gasteiger partial charge in [-0.25, -0.2) is 9.97 Å². The molecule has 1 atom stereocenters. The summed E-state index contributed by atoms with van der Waals surface area (Å²) < 4.78 is 1.20. The highest BCUT2D eigenvalue weighted by atomic mass is 16.6. The van der Waals surface area contributed by atoms with Crippen LogP contribution in [-0.2, 0) is 0 Å². The summed E-state index contributed by atoms with van der Waals surface area (Å²) in [5, 5.41) is 18.6. The molecule has 3 aromatic heterocycles. The molecule has 1 unspecified atom stereocenters. The highest BCUT2D eigenvalue weighted by Crippen LogP contribution is 2.31. The van der Waals surface area contributed by atoms with Crippen molar-refractivity contribution in [3.8, 4) is 0 Å². The van der Waals surface area contributed by atoms with Gasteiger partial charge in [-0.2, -0.15) is 5.10 Å². The fourth-order valence-corrected chi connectivity index (χ4v) is 3.37. The number of aryl methyl sites for hydroxylation is 1. The van der Waals surface area contributed by atoms with Crippen molar-refractivity contribution in [2.45, 2.75) is 25.7 Å². The van der Waals surface area contributed by atoms with Crippen LogP contribution in [0.3, 0.4) is 0 Å². The molecule has 10 heteroatoms. The first-order valence-electron chi connectivity index (χ1n) is 8.34. The van der Waals surface area contributed by atoms with Crippen molar-refractivity contribution in [1.29, 1.82) is 0 Å². The Balaban J connectivity index is 1.79. The molecule has 0 bridgehead atoms. The molecule has 3 aromatic rings. The number of nitro groups is 1. The van der Waals surface area contributed by atoms with Crippen LogP contribution in [0.5, 0.6) is 0 Å². The number of H-pyrrole nitrogens is 1. The third kappa shape index (κ3) is 2.68. The predicted octanol–water partition coefficient (Wildman–Crippen LogP) is 1.41. The monoisotopic (exact) mass is 355 g/mol. The maximum absolute atomic E-state index is 12.6. The SMILES string of the molecule is Cc1nc(C2CCCN(c3nc4ccccn4c(=O)c3[N+](=O)[O-])C2)n[nH]1. The molecule has 1 N–H and O–H groups in total. The maximum Gasteiger partial charge on any atom is 0.376 e. The normalized spacial score (nSPS) is 17.6. The molecule has 0 amide bonds. The van der Waals surface area contributed by atoms with Gasteiger partial charge in [-0.1, -0.05) is 6.07 Å². The molecule has 0 aromatic carbocycles. The minimum Gasteiger partial charge on any atom is -0.350 e. The molecule has 4 rings (SSSR count). The van der Waals surface area contributed by atoms with E-state index in [1.54, 1.807) is 23.1 Å². The number of fused-ring (bicyclic) bond motifs is 1. The summed E-state index contributed by atoms with van der Waals surface area (Å²) >= 11 is 0. The zero-order chi connectivity index (χ0) is 18.3. The van der Waals surface area contributed by atoms with Crippen LogP contribution in [0.2, 0.25) is 0 Å². The molecule has 0 aliphatic carbocycles. The number of hydrogen-bond donors (Lipinski definition) is 1. The summed E-state index contributed by atoms with van der Waals surface area (Å²) in [4.78, 5) is 34.1. The van der Waals surface area contributed by atoms with Crippen molar-refractivity contribution in [1.82, 2.24) is 24.6 Å². The van der Waals surface area contributed by atoms with Gasteiger partial charge >= 0.3 is 11.2 Å². The van der Waals surface area contributed by atoms with Crippen molar-refractivity contribution in [3.05, 3.63) is 56.5 Å². The van der Waals surface area contributed by atoms with Gasteiger partial charge in [0.2, 0.25) is 5.82 Å². The van der Waals surface area contributed by atoms with E-state index < -0.39 is 16.2 Å². The minimum atomic E-state index is -0.675. The number of pyridine rings is 1. The third-order valence-electron chi connectivity index (χ3n) is 4.58. The molecule has 10 nitrogen and oxygen atoms in total. The number of aromatic nitrogens is 5. The van der Waals surface area contributed by atoms with Crippen molar-refractivity contribution in [2.75, 3.05) is 18.0 Å². The predicted molar refractivity (Wildman–Crippen MR) is 93.4 cm³/mol. The summed E-state index contributed by atoms with van der Waals surface area (Å²) in [7, 11) is 0. The molecule has 0 saturated carbocycles. The van der Waals surface area contributed by atoms with E-state index in [0.717, 1.165) is 18.7 Å². The Morgan fingerprint density at radius 2 is 2.19 bits per heavy atom.